The lowest BCUT2D eigenvalue weighted by molar-refractivity contribution is 0.545. The molecular formula is C28H44. The van der Waals surface area contributed by atoms with E-state index in [0.29, 0.717) is 0 Å². The van der Waals surface area contributed by atoms with Gasteiger partial charge in [-0.15, -0.1) is 0 Å². The Morgan fingerprint density at radius 2 is 0.786 bits per heavy atom. The molecule has 0 fully saturated rings. The van der Waals surface area contributed by atoms with Crippen LogP contribution in [-0.2, 0) is 0 Å². The molecule has 0 rings (SSSR count). The molecule has 0 N–H and O–H groups in total. The first-order valence-electron chi connectivity index (χ1n) is 11.5. The fourth-order valence-corrected chi connectivity index (χ4v) is 2.93. The topological polar surface area (TPSA) is 0 Å². The molecule has 0 spiro atoms. The van der Waals surface area contributed by atoms with Crippen molar-refractivity contribution in [2.24, 2.45) is 0 Å². The molecule has 0 heterocycles. The number of unbranched alkanes of at least 4 members (excludes halogenated alkanes) is 12. The van der Waals surface area contributed by atoms with Crippen LogP contribution >= 0.6 is 0 Å². The van der Waals surface area contributed by atoms with Crippen molar-refractivity contribution in [3.05, 3.63) is 85.6 Å². The fourth-order valence-electron chi connectivity index (χ4n) is 2.93. The molecule has 28 heavy (non-hydrogen) atoms. The lowest BCUT2D eigenvalue weighted by Crippen LogP contribution is -1.82. The SMILES string of the molecule is C=CC=CC=CC=CC=CC=CC=CCCCCCCCCCCCCCC. The summed E-state index contributed by atoms with van der Waals surface area (Å²) in [5, 5.41) is 0. The zero-order valence-electron chi connectivity index (χ0n) is 18.4. The van der Waals surface area contributed by atoms with Gasteiger partial charge in [0, 0.05) is 0 Å². The Hall–Kier alpha value is -1.82. The van der Waals surface area contributed by atoms with Gasteiger partial charge in [0.1, 0.15) is 0 Å². The molecule has 0 bridgehead atoms. The van der Waals surface area contributed by atoms with E-state index in [1.165, 1.54) is 83.5 Å². The van der Waals surface area contributed by atoms with E-state index in [2.05, 4.69) is 43.9 Å². The second kappa shape index (κ2) is 25.2. The quantitative estimate of drug-likeness (QED) is 0.154. The van der Waals surface area contributed by atoms with Crippen LogP contribution in [0.3, 0.4) is 0 Å². The third-order valence-corrected chi connectivity index (χ3v) is 4.61. The summed E-state index contributed by atoms with van der Waals surface area (Å²) in [6.07, 6.45) is 44.6. The van der Waals surface area contributed by atoms with Crippen molar-refractivity contribution >= 4 is 0 Å². The Balaban J connectivity index is 3.39. The Morgan fingerprint density at radius 3 is 1.21 bits per heavy atom. The molecule has 0 radical (unpaired) electrons. The molecule has 0 aliphatic carbocycles. The zero-order valence-corrected chi connectivity index (χ0v) is 18.4. The highest BCUT2D eigenvalue weighted by Gasteiger charge is 1.92. The smallest absolute Gasteiger partial charge is 0.0348 e. The van der Waals surface area contributed by atoms with Crippen LogP contribution in [0.5, 0.6) is 0 Å². The van der Waals surface area contributed by atoms with Gasteiger partial charge in [-0.05, 0) is 12.8 Å². The average molecular weight is 381 g/mol. The Bertz CT molecular complexity index is 482. The standard InChI is InChI=1S/C28H44/c1-3-5-7-9-11-13-15-17-19-21-23-25-27-28-26-24-22-20-18-16-14-12-10-8-6-4-2/h3,5,7,9,11,13,15,17,19,21,23,25,27H,1,4,6,8,10,12,14,16,18,20,22,24,26,28H2,2H3. The van der Waals surface area contributed by atoms with E-state index in [9.17, 15) is 0 Å². The summed E-state index contributed by atoms with van der Waals surface area (Å²) < 4.78 is 0. The lowest BCUT2D eigenvalue weighted by atomic mass is 10.0. The summed E-state index contributed by atoms with van der Waals surface area (Å²) in [4.78, 5) is 0. The molecule has 0 saturated carbocycles. The van der Waals surface area contributed by atoms with Crippen molar-refractivity contribution in [2.75, 3.05) is 0 Å². The van der Waals surface area contributed by atoms with Gasteiger partial charge in [-0.1, -0.05) is 163 Å². The van der Waals surface area contributed by atoms with Gasteiger partial charge >= 0.3 is 0 Å². The molecule has 0 aromatic rings. The van der Waals surface area contributed by atoms with Gasteiger partial charge in [-0.25, -0.2) is 0 Å². The molecule has 0 saturated heterocycles. The first kappa shape index (κ1) is 26.2. The van der Waals surface area contributed by atoms with Crippen LogP contribution < -0.4 is 0 Å². The van der Waals surface area contributed by atoms with E-state index in [4.69, 9.17) is 0 Å². The Labute approximate surface area is 176 Å². The van der Waals surface area contributed by atoms with Gasteiger partial charge in [0.25, 0.3) is 0 Å². The van der Waals surface area contributed by atoms with Crippen LogP contribution in [0.25, 0.3) is 0 Å². The number of hydrogen-bond donors (Lipinski definition) is 0. The molecule has 0 aromatic heterocycles. The van der Waals surface area contributed by atoms with Crippen molar-refractivity contribution in [1.29, 1.82) is 0 Å². The molecule has 156 valence electrons. The van der Waals surface area contributed by atoms with Gasteiger partial charge in [0.05, 0.1) is 0 Å². The Kier molecular flexibility index (Phi) is 23.5. The molecule has 0 nitrogen and oxygen atoms in total. The normalized spacial score (nSPS) is 12.9. The maximum atomic E-state index is 3.63. The molecule has 0 aliphatic heterocycles. The van der Waals surface area contributed by atoms with E-state index in [-0.39, 0.29) is 0 Å². The van der Waals surface area contributed by atoms with Crippen LogP contribution in [0.2, 0.25) is 0 Å². The van der Waals surface area contributed by atoms with Crippen LogP contribution in [0.15, 0.2) is 85.6 Å². The van der Waals surface area contributed by atoms with E-state index >= 15 is 0 Å². The number of hydrogen-bond acceptors (Lipinski definition) is 0. The second-order valence-corrected chi connectivity index (χ2v) is 7.27. The van der Waals surface area contributed by atoms with Gasteiger partial charge in [0.2, 0.25) is 0 Å². The summed E-state index contributed by atoms with van der Waals surface area (Å²) in [6.45, 7) is 5.91. The molecule has 0 heteroatoms. The highest BCUT2D eigenvalue weighted by Crippen LogP contribution is 2.12. The minimum absolute atomic E-state index is 1.20. The first-order valence-corrected chi connectivity index (χ1v) is 11.5. The van der Waals surface area contributed by atoms with Gasteiger partial charge < -0.3 is 0 Å². The second-order valence-electron chi connectivity index (χ2n) is 7.27. The maximum Gasteiger partial charge on any atom is -0.0348 e. The summed E-state index contributed by atoms with van der Waals surface area (Å²) in [5.74, 6) is 0. The van der Waals surface area contributed by atoms with Gasteiger partial charge in [-0.3, -0.25) is 0 Å². The summed E-state index contributed by atoms with van der Waals surface area (Å²) in [6, 6.07) is 0. The first-order chi connectivity index (χ1) is 13.9. The molecule has 0 amide bonds. The molecule has 0 aromatic carbocycles. The highest BCUT2D eigenvalue weighted by molar-refractivity contribution is 5.20. The van der Waals surface area contributed by atoms with E-state index < -0.39 is 0 Å². The van der Waals surface area contributed by atoms with Crippen molar-refractivity contribution in [3.63, 3.8) is 0 Å². The Morgan fingerprint density at radius 1 is 0.429 bits per heavy atom. The van der Waals surface area contributed by atoms with Gasteiger partial charge in [0.15, 0.2) is 0 Å². The summed E-state index contributed by atoms with van der Waals surface area (Å²) in [7, 11) is 0. The van der Waals surface area contributed by atoms with Crippen molar-refractivity contribution < 1.29 is 0 Å². The summed E-state index contributed by atoms with van der Waals surface area (Å²) in [5.41, 5.74) is 0. The minimum atomic E-state index is 1.20. The number of rotatable bonds is 19. The van der Waals surface area contributed by atoms with Crippen LogP contribution in [0.1, 0.15) is 90.4 Å². The third-order valence-electron chi connectivity index (χ3n) is 4.61. The predicted octanol–water partition coefficient (Wildman–Crippen LogP) is 9.60. The van der Waals surface area contributed by atoms with Crippen molar-refractivity contribution in [2.45, 2.75) is 90.4 Å². The molecule has 0 aliphatic rings. The van der Waals surface area contributed by atoms with E-state index in [1.54, 1.807) is 6.08 Å². The minimum Gasteiger partial charge on any atom is -0.0991 e. The van der Waals surface area contributed by atoms with E-state index in [1.807, 2.05) is 42.5 Å². The predicted molar refractivity (Wildman–Crippen MR) is 131 cm³/mol. The van der Waals surface area contributed by atoms with E-state index in [0.717, 1.165) is 0 Å². The molecule has 0 unspecified atom stereocenters. The molecular weight excluding hydrogens is 336 g/mol. The summed E-state index contributed by atoms with van der Waals surface area (Å²) >= 11 is 0. The zero-order chi connectivity index (χ0) is 20.4. The third kappa shape index (κ3) is 24.2. The largest absolute Gasteiger partial charge is 0.0991 e. The number of allylic oxidation sites excluding steroid dienone is 13. The van der Waals surface area contributed by atoms with Crippen molar-refractivity contribution in [3.8, 4) is 0 Å². The van der Waals surface area contributed by atoms with Crippen LogP contribution in [0.4, 0.5) is 0 Å². The van der Waals surface area contributed by atoms with Crippen LogP contribution in [0, 0.1) is 0 Å². The van der Waals surface area contributed by atoms with Crippen LogP contribution in [-0.4, -0.2) is 0 Å². The van der Waals surface area contributed by atoms with Crippen molar-refractivity contribution in [1.82, 2.24) is 0 Å². The highest BCUT2D eigenvalue weighted by atomic mass is 14.0. The molecule has 0 atom stereocenters. The lowest BCUT2D eigenvalue weighted by Gasteiger charge is -2.02. The fraction of sp³-hybridized carbons (Fsp3) is 0.500. The van der Waals surface area contributed by atoms with Gasteiger partial charge in [-0.2, -0.15) is 0 Å². The average Bonchev–Trinajstić information content (AvgIpc) is 2.71. The monoisotopic (exact) mass is 380 g/mol. The maximum absolute atomic E-state index is 3.63.